The van der Waals surface area contributed by atoms with E-state index in [0.29, 0.717) is 12.0 Å². The summed E-state index contributed by atoms with van der Waals surface area (Å²) in [6, 6.07) is 16.4. The lowest BCUT2D eigenvalue weighted by Crippen LogP contribution is -2.54. The zero-order valence-electron chi connectivity index (χ0n) is 20.2. The van der Waals surface area contributed by atoms with Gasteiger partial charge in [-0.05, 0) is 98.2 Å². The standard InChI is InChI=1S/C31H35NO/c1-29-15-14-25-19-24-10-11-26(32(2)3)20-30(24)16-17-31(25,33-30)28(29)13-12-27(29)23-9-8-21-6-4-5-7-22(21)18-23/h4-9,12,14,18-19,26,28H,10-11,13,15-17,20H2,1-3H3/t26-,28-,29-,30?,31-/m1/s1. The molecular weight excluding hydrogens is 402 g/mol. The van der Waals surface area contributed by atoms with Gasteiger partial charge in [0, 0.05) is 17.4 Å². The van der Waals surface area contributed by atoms with Crippen molar-refractivity contribution < 1.29 is 4.74 Å². The predicted molar refractivity (Wildman–Crippen MR) is 136 cm³/mol. The second kappa shape index (κ2) is 6.71. The van der Waals surface area contributed by atoms with E-state index < -0.39 is 0 Å². The Balaban J connectivity index is 1.28. The van der Waals surface area contributed by atoms with Gasteiger partial charge < -0.3 is 9.64 Å². The van der Waals surface area contributed by atoms with Gasteiger partial charge in [-0.2, -0.15) is 0 Å². The Kier molecular flexibility index (Phi) is 4.11. The van der Waals surface area contributed by atoms with Crippen LogP contribution in [0.3, 0.4) is 0 Å². The third kappa shape index (κ3) is 2.63. The highest BCUT2D eigenvalue weighted by molar-refractivity contribution is 5.87. The molecule has 2 spiro atoms. The number of benzene rings is 2. The van der Waals surface area contributed by atoms with Crippen molar-refractivity contribution in [1.29, 1.82) is 0 Å². The van der Waals surface area contributed by atoms with Crippen molar-refractivity contribution in [3.63, 3.8) is 0 Å². The van der Waals surface area contributed by atoms with Crippen molar-refractivity contribution in [3.05, 3.63) is 77.4 Å². The van der Waals surface area contributed by atoms with Crippen molar-refractivity contribution >= 4 is 16.3 Å². The number of fused-ring (bicyclic) bond motifs is 2. The molecule has 2 bridgehead atoms. The Morgan fingerprint density at radius 2 is 1.85 bits per heavy atom. The highest BCUT2D eigenvalue weighted by Crippen LogP contribution is 2.67. The smallest absolute Gasteiger partial charge is 0.0980 e. The van der Waals surface area contributed by atoms with E-state index in [2.05, 4.69) is 86.6 Å². The zero-order valence-corrected chi connectivity index (χ0v) is 20.2. The van der Waals surface area contributed by atoms with Crippen LogP contribution in [-0.4, -0.2) is 36.2 Å². The number of hydrogen-bond donors (Lipinski definition) is 0. The average Bonchev–Trinajstić information content (AvgIpc) is 3.33. The summed E-state index contributed by atoms with van der Waals surface area (Å²) in [4.78, 5) is 2.42. The summed E-state index contributed by atoms with van der Waals surface area (Å²) in [6.07, 6.45) is 15.9. The van der Waals surface area contributed by atoms with Crippen LogP contribution in [0.1, 0.15) is 57.4 Å². The lowest BCUT2D eigenvalue weighted by molar-refractivity contribution is -0.134. The number of allylic oxidation sites excluding steroid dienone is 3. The highest BCUT2D eigenvalue weighted by Gasteiger charge is 2.65. The van der Waals surface area contributed by atoms with E-state index in [1.165, 1.54) is 53.2 Å². The molecule has 2 heterocycles. The molecule has 5 aliphatic rings. The van der Waals surface area contributed by atoms with Crippen molar-refractivity contribution in [3.8, 4) is 0 Å². The fourth-order valence-corrected chi connectivity index (χ4v) is 8.21. The van der Waals surface area contributed by atoms with E-state index in [1.54, 1.807) is 5.57 Å². The van der Waals surface area contributed by atoms with Crippen molar-refractivity contribution in [2.24, 2.45) is 11.3 Å². The van der Waals surface area contributed by atoms with Gasteiger partial charge >= 0.3 is 0 Å². The van der Waals surface area contributed by atoms with E-state index in [0.717, 1.165) is 19.3 Å². The lowest BCUT2D eigenvalue weighted by Gasteiger charge is -2.54. The summed E-state index contributed by atoms with van der Waals surface area (Å²) in [5.74, 6) is 0.531. The molecule has 7 rings (SSSR count). The van der Waals surface area contributed by atoms with Crippen LogP contribution in [0.2, 0.25) is 0 Å². The Bertz CT molecular complexity index is 1250. The summed E-state index contributed by atoms with van der Waals surface area (Å²) in [6.45, 7) is 2.52. The van der Waals surface area contributed by atoms with Gasteiger partial charge in [0.25, 0.3) is 0 Å². The Hall–Kier alpha value is -2.16. The first-order valence-electron chi connectivity index (χ1n) is 12.9. The average molecular weight is 438 g/mol. The highest BCUT2D eigenvalue weighted by atomic mass is 16.5. The first kappa shape index (κ1) is 20.2. The minimum Gasteiger partial charge on any atom is -0.359 e. The van der Waals surface area contributed by atoms with Gasteiger partial charge in [0.1, 0.15) is 0 Å². The van der Waals surface area contributed by atoms with Crippen LogP contribution < -0.4 is 0 Å². The van der Waals surface area contributed by atoms with Crippen LogP contribution in [0.25, 0.3) is 16.3 Å². The maximum atomic E-state index is 7.40. The van der Waals surface area contributed by atoms with Crippen LogP contribution in [0.5, 0.6) is 0 Å². The van der Waals surface area contributed by atoms with Crippen molar-refractivity contribution in [2.45, 2.75) is 69.1 Å². The molecule has 170 valence electrons. The third-order valence-electron chi connectivity index (χ3n) is 10.0. The summed E-state index contributed by atoms with van der Waals surface area (Å²) in [5, 5.41) is 2.66. The topological polar surface area (TPSA) is 12.5 Å². The van der Waals surface area contributed by atoms with Gasteiger partial charge in [-0.3, -0.25) is 0 Å². The van der Waals surface area contributed by atoms with Crippen LogP contribution in [0.4, 0.5) is 0 Å². The first-order valence-corrected chi connectivity index (χ1v) is 12.9. The van der Waals surface area contributed by atoms with Crippen LogP contribution in [-0.2, 0) is 4.74 Å². The molecule has 5 atom stereocenters. The molecule has 3 aliphatic carbocycles. The maximum absolute atomic E-state index is 7.40. The van der Waals surface area contributed by atoms with Crippen LogP contribution >= 0.6 is 0 Å². The van der Waals surface area contributed by atoms with E-state index in [4.69, 9.17) is 4.74 Å². The van der Waals surface area contributed by atoms with Gasteiger partial charge in [-0.25, -0.2) is 0 Å². The minimum absolute atomic E-state index is 0.0194. The van der Waals surface area contributed by atoms with Gasteiger partial charge in [0.15, 0.2) is 0 Å². The molecule has 0 aromatic heterocycles. The number of ether oxygens (including phenoxy) is 1. The molecule has 0 N–H and O–H groups in total. The van der Waals surface area contributed by atoms with E-state index in [9.17, 15) is 0 Å². The van der Waals surface area contributed by atoms with Crippen molar-refractivity contribution in [2.75, 3.05) is 14.1 Å². The molecule has 2 nitrogen and oxygen atoms in total. The second-order valence-corrected chi connectivity index (χ2v) is 11.8. The molecule has 2 aromatic rings. The number of hydrogen-bond acceptors (Lipinski definition) is 2. The molecule has 0 radical (unpaired) electrons. The maximum Gasteiger partial charge on any atom is 0.0980 e. The van der Waals surface area contributed by atoms with Crippen LogP contribution in [0.15, 0.2) is 71.8 Å². The first-order chi connectivity index (χ1) is 15.9. The Labute approximate surface area is 198 Å². The zero-order chi connectivity index (χ0) is 22.4. The molecule has 33 heavy (non-hydrogen) atoms. The van der Waals surface area contributed by atoms with E-state index in [-0.39, 0.29) is 16.6 Å². The summed E-state index contributed by atoms with van der Waals surface area (Å²) in [5.41, 5.74) is 6.05. The van der Waals surface area contributed by atoms with Crippen molar-refractivity contribution in [1.82, 2.24) is 4.90 Å². The molecule has 1 unspecified atom stereocenters. The third-order valence-corrected chi connectivity index (χ3v) is 10.0. The second-order valence-electron chi connectivity index (χ2n) is 11.8. The van der Waals surface area contributed by atoms with E-state index in [1.807, 2.05) is 0 Å². The minimum atomic E-state index is -0.0974. The summed E-state index contributed by atoms with van der Waals surface area (Å²) >= 11 is 0. The molecule has 1 saturated heterocycles. The lowest BCUT2D eigenvalue weighted by atomic mass is 9.58. The van der Waals surface area contributed by atoms with Gasteiger partial charge in [-0.1, -0.05) is 61.5 Å². The molecule has 2 heteroatoms. The van der Waals surface area contributed by atoms with E-state index >= 15 is 0 Å². The Morgan fingerprint density at radius 3 is 2.70 bits per heavy atom. The van der Waals surface area contributed by atoms with Gasteiger partial charge in [0.05, 0.1) is 11.2 Å². The van der Waals surface area contributed by atoms with Gasteiger partial charge in [0.2, 0.25) is 0 Å². The molecule has 2 aliphatic heterocycles. The van der Waals surface area contributed by atoms with Crippen LogP contribution in [0, 0.1) is 11.3 Å². The predicted octanol–water partition coefficient (Wildman–Crippen LogP) is 6.92. The number of rotatable bonds is 2. The monoisotopic (exact) mass is 437 g/mol. The quantitative estimate of drug-likeness (QED) is 0.505. The summed E-state index contributed by atoms with van der Waals surface area (Å²) < 4.78 is 7.40. The molecule has 1 saturated carbocycles. The number of nitrogens with zero attached hydrogens (tertiary/aromatic N) is 1. The van der Waals surface area contributed by atoms with Gasteiger partial charge in [-0.15, -0.1) is 0 Å². The molecular formula is C31H35NO. The SMILES string of the molecule is CN(C)[C@@H]1CCC2=CC3=CC[C@]4(C)C(c5ccc6ccccc6c5)=CC[C@H]4[C@@]34CCC2(C1)O4. The molecule has 2 fully saturated rings. The fraction of sp³-hybridized carbons (Fsp3) is 0.484. The summed E-state index contributed by atoms with van der Waals surface area (Å²) in [7, 11) is 4.48. The fourth-order valence-electron chi connectivity index (χ4n) is 8.21. The normalized spacial score (nSPS) is 39.0. The Morgan fingerprint density at radius 1 is 1.00 bits per heavy atom. The molecule has 0 amide bonds. The largest absolute Gasteiger partial charge is 0.359 e. The molecule has 2 aromatic carbocycles.